The Labute approximate surface area is 100 Å². The summed E-state index contributed by atoms with van der Waals surface area (Å²) in [6.45, 7) is 3.82. The Balaban J connectivity index is 2.16. The summed E-state index contributed by atoms with van der Waals surface area (Å²) in [5.41, 5.74) is 0.512. The van der Waals surface area contributed by atoms with E-state index in [4.69, 9.17) is 11.6 Å². The molecule has 0 bridgehead atoms. The van der Waals surface area contributed by atoms with Crippen LogP contribution >= 0.6 is 11.6 Å². The number of aromatic nitrogens is 1. The maximum atomic E-state index is 12.2. The lowest BCUT2D eigenvalue weighted by atomic mass is 10.00. The molecule has 0 saturated carbocycles. The first-order chi connectivity index (χ1) is 7.68. The molecular formula is C12H15ClN2O. The quantitative estimate of drug-likeness (QED) is 0.705. The highest BCUT2D eigenvalue weighted by molar-refractivity contribution is 6.32. The minimum Gasteiger partial charge on any atom is -0.338 e. The van der Waals surface area contributed by atoms with Crippen molar-refractivity contribution in [3.63, 3.8) is 0 Å². The summed E-state index contributed by atoms with van der Waals surface area (Å²) in [5, 5.41) is 0.297. The fraction of sp³-hybridized carbons (Fsp3) is 0.500. The van der Waals surface area contributed by atoms with Gasteiger partial charge in [0.05, 0.1) is 5.56 Å². The number of rotatable bonds is 1. The minimum atomic E-state index is 0.00431. The molecule has 1 aliphatic rings. The summed E-state index contributed by atoms with van der Waals surface area (Å²) >= 11 is 5.92. The van der Waals surface area contributed by atoms with Crippen LogP contribution in [-0.4, -0.2) is 28.9 Å². The standard InChI is InChI=1S/C12H15ClN2O/c1-9-4-3-7-15(8-9)12(16)10-5-2-6-14-11(10)13/h2,5-6,9H,3-4,7-8H2,1H3. The number of hydrogen-bond acceptors (Lipinski definition) is 2. The van der Waals surface area contributed by atoms with Crippen LogP contribution in [0.1, 0.15) is 30.1 Å². The van der Waals surface area contributed by atoms with Crippen molar-refractivity contribution in [1.29, 1.82) is 0 Å². The maximum Gasteiger partial charge on any atom is 0.256 e. The van der Waals surface area contributed by atoms with E-state index in [0.29, 0.717) is 16.6 Å². The second-order valence-corrected chi connectivity index (χ2v) is 4.70. The predicted molar refractivity (Wildman–Crippen MR) is 63.5 cm³/mol. The van der Waals surface area contributed by atoms with E-state index >= 15 is 0 Å². The van der Waals surface area contributed by atoms with Crippen LogP contribution < -0.4 is 0 Å². The van der Waals surface area contributed by atoms with Gasteiger partial charge in [0.1, 0.15) is 5.15 Å². The van der Waals surface area contributed by atoms with Crippen LogP contribution in [0.4, 0.5) is 0 Å². The van der Waals surface area contributed by atoms with Gasteiger partial charge in [0.15, 0.2) is 0 Å². The van der Waals surface area contributed by atoms with Gasteiger partial charge in [-0.1, -0.05) is 18.5 Å². The van der Waals surface area contributed by atoms with E-state index in [0.717, 1.165) is 19.5 Å². The zero-order valence-corrected chi connectivity index (χ0v) is 10.1. The molecule has 1 atom stereocenters. The van der Waals surface area contributed by atoms with E-state index in [1.165, 1.54) is 6.42 Å². The van der Waals surface area contributed by atoms with Crippen molar-refractivity contribution in [2.45, 2.75) is 19.8 Å². The van der Waals surface area contributed by atoms with Crippen molar-refractivity contribution in [2.75, 3.05) is 13.1 Å². The lowest BCUT2D eigenvalue weighted by molar-refractivity contribution is 0.0683. The third kappa shape index (κ3) is 2.35. The van der Waals surface area contributed by atoms with Crippen LogP contribution in [0.5, 0.6) is 0 Å². The molecule has 0 spiro atoms. The van der Waals surface area contributed by atoms with Gasteiger partial charge in [0.2, 0.25) is 0 Å². The Morgan fingerprint density at radius 2 is 2.44 bits per heavy atom. The molecule has 1 aliphatic heterocycles. The van der Waals surface area contributed by atoms with Crippen LogP contribution in [0.25, 0.3) is 0 Å². The zero-order valence-electron chi connectivity index (χ0n) is 9.32. The van der Waals surface area contributed by atoms with E-state index in [2.05, 4.69) is 11.9 Å². The van der Waals surface area contributed by atoms with Crippen molar-refractivity contribution in [2.24, 2.45) is 5.92 Å². The Bertz CT molecular complexity index is 394. The maximum absolute atomic E-state index is 12.2. The lowest BCUT2D eigenvalue weighted by Crippen LogP contribution is -2.39. The van der Waals surface area contributed by atoms with Gasteiger partial charge in [-0.15, -0.1) is 0 Å². The van der Waals surface area contributed by atoms with Crippen molar-refractivity contribution >= 4 is 17.5 Å². The van der Waals surface area contributed by atoms with Crippen LogP contribution in [0.2, 0.25) is 5.15 Å². The van der Waals surface area contributed by atoms with Crippen molar-refractivity contribution < 1.29 is 4.79 Å². The molecule has 1 fully saturated rings. The predicted octanol–water partition coefficient (Wildman–Crippen LogP) is 2.61. The molecule has 1 aromatic heterocycles. The third-order valence-corrected chi connectivity index (χ3v) is 3.23. The fourth-order valence-corrected chi connectivity index (χ4v) is 2.29. The normalized spacial score (nSPS) is 20.9. The van der Waals surface area contributed by atoms with Crippen LogP contribution in [0, 0.1) is 5.92 Å². The molecule has 1 aromatic rings. The van der Waals surface area contributed by atoms with Crippen LogP contribution in [0.15, 0.2) is 18.3 Å². The van der Waals surface area contributed by atoms with Gasteiger partial charge in [-0.05, 0) is 30.9 Å². The SMILES string of the molecule is CC1CCCN(C(=O)c2cccnc2Cl)C1. The largest absolute Gasteiger partial charge is 0.338 e. The molecule has 1 unspecified atom stereocenters. The van der Waals surface area contributed by atoms with Crippen LogP contribution in [-0.2, 0) is 0 Å². The first-order valence-electron chi connectivity index (χ1n) is 5.58. The third-order valence-electron chi connectivity index (χ3n) is 2.93. The molecule has 0 aromatic carbocycles. The first-order valence-corrected chi connectivity index (χ1v) is 5.96. The van der Waals surface area contributed by atoms with E-state index < -0.39 is 0 Å². The topological polar surface area (TPSA) is 33.2 Å². The highest BCUT2D eigenvalue weighted by Gasteiger charge is 2.23. The smallest absolute Gasteiger partial charge is 0.256 e. The Morgan fingerprint density at radius 1 is 1.62 bits per heavy atom. The number of likely N-dealkylation sites (tertiary alicyclic amines) is 1. The zero-order chi connectivity index (χ0) is 11.5. The Kier molecular flexibility index (Phi) is 3.44. The minimum absolute atomic E-state index is 0.00431. The number of carbonyl (C=O) groups excluding carboxylic acids is 1. The summed E-state index contributed by atoms with van der Waals surface area (Å²) in [5.74, 6) is 0.581. The molecule has 86 valence electrons. The summed E-state index contributed by atoms with van der Waals surface area (Å²) in [7, 11) is 0. The van der Waals surface area contributed by atoms with Gasteiger partial charge >= 0.3 is 0 Å². The molecule has 2 rings (SSSR count). The molecule has 16 heavy (non-hydrogen) atoms. The van der Waals surface area contributed by atoms with Crippen molar-refractivity contribution in [3.05, 3.63) is 29.0 Å². The van der Waals surface area contributed by atoms with Gasteiger partial charge in [-0.3, -0.25) is 4.79 Å². The number of amides is 1. The van der Waals surface area contributed by atoms with Gasteiger partial charge in [-0.25, -0.2) is 4.98 Å². The molecule has 2 heterocycles. The average molecular weight is 239 g/mol. The van der Waals surface area contributed by atoms with E-state index in [9.17, 15) is 4.79 Å². The molecule has 0 N–H and O–H groups in total. The highest BCUT2D eigenvalue weighted by Crippen LogP contribution is 2.20. The first kappa shape index (κ1) is 11.4. The summed E-state index contributed by atoms with van der Waals surface area (Å²) in [4.78, 5) is 18.0. The summed E-state index contributed by atoms with van der Waals surface area (Å²) < 4.78 is 0. The average Bonchev–Trinajstić information content (AvgIpc) is 2.29. The highest BCUT2D eigenvalue weighted by atomic mass is 35.5. The van der Waals surface area contributed by atoms with Gasteiger partial charge in [0, 0.05) is 19.3 Å². The fourth-order valence-electron chi connectivity index (χ4n) is 2.09. The number of hydrogen-bond donors (Lipinski definition) is 0. The Morgan fingerprint density at radius 3 is 3.12 bits per heavy atom. The number of piperidine rings is 1. The van der Waals surface area contributed by atoms with Crippen molar-refractivity contribution in [1.82, 2.24) is 9.88 Å². The lowest BCUT2D eigenvalue weighted by Gasteiger charge is -2.31. The summed E-state index contributed by atoms with van der Waals surface area (Å²) in [6.07, 6.45) is 3.87. The molecule has 4 heteroatoms. The van der Waals surface area contributed by atoms with E-state index in [1.54, 1.807) is 18.3 Å². The molecule has 0 radical (unpaired) electrons. The van der Waals surface area contributed by atoms with E-state index in [-0.39, 0.29) is 5.91 Å². The number of halogens is 1. The molecule has 0 aliphatic carbocycles. The van der Waals surface area contributed by atoms with Crippen molar-refractivity contribution in [3.8, 4) is 0 Å². The van der Waals surface area contributed by atoms with Gasteiger partial charge in [0.25, 0.3) is 5.91 Å². The molecule has 3 nitrogen and oxygen atoms in total. The van der Waals surface area contributed by atoms with E-state index in [1.807, 2.05) is 4.90 Å². The second kappa shape index (κ2) is 4.83. The van der Waals surface area contributed by atoms with Gasteiger partial charge < -0.3 is 4.90 Å². The Hall–Kier alpha value is -1.09. The molecular weight excluding hydrogens is 224 g/mol. The molecule has 1 amide bonds. The number of nitrogens with zero attached hydrogens (tertiary/aromatic N) is 2. The summed E-state index contributed by atoms with van der Waals surface area (Å²) in [6, 6.07) is 3.48. The number of carbonyl (C=O) groups is 1. The molecule has 1 saturated heterocycles. The number of pyridine rings is 1. The second-order valence-electron chi connectivity index (χ2n) is 4.34. The van der Waals surface area contributed by atoms with Gasteiger partial charge in [-0.2, -0.15) is 0 Å². The monoisotopic (exact) mass is 238 g/mol. The van der Waals surface area contributed by atoms with Crippen LogP contribution in [0.3, 0.4) is 0 Å².